The number of esters is 3. The summed E-state index contributed by atoms with van der Waals surface area (Å²) in [5.41, 5.74) is -12.8. The van der Waals surface area contributed by atoms with E-state index in [1.54, 1.807) is 4.74 Å². The summed E-state index contributed by atoms with van der Waals surface area (Å²) in [4.78, 5) is 73.5. The Morgan fingerprint density at radius 1 is 0.400 bits per heavy atom. The van der Waals surface area contributed by atoms with Gasteiger partial charge in [-0.15, -0.1) is 0 Å². The molecule has 0 radical (unpaired) electrons. The first-order valence-corrected chi connectivity index (χ1v) is 17.8. The Morgan fingerprint density at radius 3 is 0.893 bits per heavy atom. The van der Waals surface area contributed by atoms with Crippen LogP contribution >= 0.6 is 0 Å². The van der Waals surface area contributed by atoms with E-state index >= 15 is 8.78 Å². The van der Waals surface area contributed by atoms with Crippen LogP contribution in [0.1, 0.15) is 6.92 Å². The number of ether oxygens (including phenoxy) is 7. The van der Waals surface area contributed by atoms with Gasteiger partial charge in [-0.1, -0.05) is 13.2 Å². The molecule has 0 spiro atoms. The third-order valence-electron chi connectivity index (χ3n) is 8.38. The summed E-state index contributed by atoms with van der Waals surface area (Å²) in [6.07, 6.45) is -76.2. The Bertz CT molecular complexity index is 2390. The zero-order valence-corrected chi connectivity index (χ0v) is 35.0. The molecule has 0 bridgehead atoms. The van der Waals surface area contributed by atoms with Gasteiger partial charge in [-0.3, -0.25) is 18.9 Å². The molecule has 5 unspecified atom stereocenters. The molecule has 16 nitrogen and oxygen atoms in total. The van der Waals surface area contributed by atoms with Crippen molar-refractivity contribution in [3.63, 3.8) is 0 Å². The third-order valence-corrected chi connectivity index (χ3v) is 8.38. The van der Waals surface area contributed by atoms with Crippen LogP contribution in [0.4, 0.5) is 123 Å². The van der Waals surface area contributed by atoms with Gasteiger partial charge < -0.3 is 14.2 Å². The standard InChI is InChI=1S/C31H21F28N3O13/c1-4-12(63)69-9-6-60-15(66)61(7-10-70-13(64)5-2)17(68)62(16(60)67)8-11-71-14(65)19(33,24(40,41)42)72-29(54,55)20(34,25(43,44)45)74-31(58,59)22(36,27(49,50)51)75-30(56,57)21(35,26(46,47)48)73-28(52,53)18(3,32)23(37,38)39/h4-5H,1-2,6-11H2,3H3. The van der Waals surface area contributed by atoms with Crippen molar-refractivity contribution in [2.75, 3.05) is 19.8 Å². The molecule has 5 atom stereocenters. The number of carbonyl (C=O) groups excluding carboxylic acids is 3. The fourth-order valence-electron chi connectivity index (χ4n) is 4.40. The molecule has 1 aromatic rings. The van der Waals surface area contributed by atoms with E-state index in [2.05, 4.69) is 27.4 Å². The molecule has 0 saturated heterocycles. The van der Waals surface area contributed by atoms with E-state index < -0.39 is 170 Å². The van der Waals surface area contributed by atoms with Crippen molar-refractivity contribution in [3.8, 4) is 0 Å². The molecule has 0 aliphatic heterocycles. The van der Waals surface area contributed by atoms with E-state index in [4.69, 9.17) is 0 Å². The van der Waals surface area contributed by atoms with Gasteiger partial charge in [-0.05, 0) is 6.92 Å². The molecule has 0 saturated carbocycles. The lowest BCUT2D eigenvalue weighted by Crippen LogP contribution is -2.72. The van der Waals surface area contributed by atoms with E-state index in [1.165, 1.54) is 4.74 Å². The maximum absolute atomic E-state index is 15.2. The van der Waals surface area contributed by atoms with Crippen LogP contribution in [0, 0.1) is 0 Å². The molecule has 1 aromatic heterocycles. The molecule has 0 N–H and O–H groups in total. The average Bonchev–Trinajstić information content (AvgIpc) is 3.21. The van der Waals surface area contributed by atoms with Crippen LogP contribution in [-0.2, 0) is 67.2 Å². The number of hydrogen-bond acceptors (Lipinski definition) is 13. The first kappa shape index (κ1) is 67.2. The Hall–Kier alpha value is -5.82. The molecule has 44 heteroatoms. The van der Waals surface area contributed by atoms with Gasteiger partial charge in [0, 0.05) is 12.2 Å². The minimum Gasteiger partial charge on any atom is -0.461 e. The van der Waals surface area contributed by atoms with Gasteiger partial charge in [0.25, 0.3) is 5.67 Å². The minimum absolute atomic E-state index is 0.144. The van der Waals surface area contributed by atoms with Crippen LogP contribution in [0.3, 0.4) is 0 Å². The van der Waals surface area contributed by atoms with Crippen molar-refractivity contribution in [1.82, 2.24) is 13.7 Å². The summed E-state index contributed by atoms with van der Waals surface area (Å²) in [6.45, 7) is -4.58. The summed E-state index contributed by atoms with van der Waals surface area (Å²) in [7, 11) is 0. The number of rotatable bonds is 24. The smallest absolute Gasteiger partial charge is 0.460 e. The van der Waals surface area contributed by atoms with Crippen LogP contribution < -0.4 is 17.1 Å². The molecule has 0 aliphatic rings. The highest BCUT2D eigenvalue weighted by molar-refractivity contribution is 5.81. The first-order chi connectivity index (χ1) is 33.0. The maximum atomic E-state index is 15.2. The Balaban J connectivity index is 3.98. The van der Waals surface area contributed by atoms with Crippen LogP contribution in [0.5, 0.6) is 0 Å². The maximum Gasteiger partial charge on any atom is 0.460 e. The van der Waals surface area contributed by atoms with Crippen LogP contribution in [-0.4, -0.2) is 136 Å². The van der Waals surface area contributed by atoms with Gasteiger partial charge in [0.2, 0.25) is 0 Å². The topological polar surface area (TPSA) is 182 Å². The van der Waals surface area contributed by atoms with Crippen molar-refractivity contribution >= 4 is 17.9 Å². The molecule has 1 rings (SSSR count). The molecule has 434 valence electrons. The van der Waals surface area contributed by atoms with Crippen molar-refractivity contribution in [1.29, 1.82) is 0 Å². The van der Waals surface area contributed by atoms with Crippen molar-refractivity contribution in [2.24, 2.45) is 0 Å². The molecule has 75 heavy (non-hydrogen) atoms. The monoisotopic (exact) mass is 1180 g/mol. The van der Waals surface area contributed by atoms with Gasteiger partial charge in [-0.2, -0.15) is 119 Å². The number of carbonyl (C=O) groups is 3. The molecular formula is C31H21F28N3O13. The molecular weight excluding hydrogens is 1150 g/mol. The number of alkyl halides is 28. The zero-order chi connectivity index (χ0) is 59.8. The minimum atomic E-state index is -9.31. The fraction of sp³-hybridized carbons (Fsp3) is 0.677. The largest absolute Gasteiger partial charge is 0.461 e. The third kappa shape index (κ3) is 13.1. The highest BCUT2D eigenvalue weighted by Crippen LogP contribution is 2.61. The number of hydrogen-bond donors (Lipinski definition) is 0. The average molecular weight is 1180 g/mol. The van der Waals surface area contributed by atoms with E-state index in [9.17, 15) is 143 Å². The highest BCUT2D eigenvalue weighted by atomic mass is 19.4. The summed E-state index contributed by atoms with van der Waals surface area (Å²) < 4.78 is 407. The number of aromatic nitrogens is 3. The van der Waals surface area contributed by atoms with Crippen LogP contribution in [0.15, 0.2) is 39.7 Å². The molecule has 1 heterocycles. The van der Waals surface area contributed by atoms with Gasteiger partial charge >= 0.3 is 114 Å². The van der Waals surface area contributed by atoms with E-state index in [0.29, 0.717) is 12.2 Å². The van der Waals surface area contributed by atoms with E-state index in [0.717, 1.165) is 9.47 Å². The lowest BCUT2D eigenvalue weighted by atomic mass is 10.1. The Kier molecular flexibility index (Phi) is 19.1. The normalized spacial score (nSPS) is 17.8. The van der Waals surface area contributed by atoms with Crippen molar-refractivity contribution < 1.29 is 170 Å². The molecule has 0 amide bonds. The predicted octanol–water partition coefficient (Wildman–Crippen LogP) is 6.81. The zero-order valence-electron chi connectivity index (χ0n) is 35.0. The van der Waals surface area contributed by atoms with Gasteiger partial charge in [0.05, 0.1) is 19.6 Å². The fourth-order valence-corrected chi connectivity index (χ4v) is 4.40. The van der Waals surface area contributed by atoms with E-state index in [1.807, 2.05) is 0 Å². The quantitative estimate of drug-likeness (QED) is 0.0456. The van der Waals surface area contributed by atoms with Crippen molar-refractivity contribution in [3.05, 3.63) is 56.8 Å². The van der Waals surface area contributed by atoms with Gasteiger partial charge in [0.15, 0.2) is 0 Å². The molecule has 0 aliphatic carbocycles. The van der Waals surface area contributed by atoms with Crippen molar-refractivity contribution in [2.45, 2.75) is 111 Å². The Labute approximate surface area is 390 Å². The number of nitrogens with zero attached hydrogens (tertiary/aromatic N) is 3. The summed E-state index contributed by atoms with van der Waals surface area (Å²) in [6, 6.07) is 0. The number of halogens is 28. The van der Waals surface area contributed by atoms with Gasteiger partial charge in [0.1, 0.15) is 19.8 Å². The van der Waals surface area contributed by atoms with Crippen LogP contribution in [0.2, 0.25) is 0 Å². The second-order valence-corrected chi connectivity index (χ2v) is 13.5. The van der Waals surface area contributed by atoms with E-state index in [-0.39, 0.29) is 9.13 Å². The highest BCUT2D eigenvalue weighted by Gasteiger charge is 2.90. The lowest BCUT2D eigenvalue weighted by Gasteiger charge is -2.44. The summed E-state index contributed by atoms with van der Waals surface area (Å²) in [5.74, 6) is -42.0. The first-order valence-electron chi connectivity index (χ1n) is 17.8. The second kappa shape index (κ2) is 21.3. The predicted molar refractivity (Wildman–Crippen MR) is 172 cm³/mol. The van der Waals surface area contributed by atoms with Crippen LogP contribution in [0.25, 0.3) is 0 Å². The summed E-state index contributed by atoms with van der Waals surface area (Å²) in [5, 5.41) is 0. The SMILES string of the molecule is C=CC(=O)OCCn1c(=O)n(CCOC(=O)C=C)c(=O)n(CCOC(=O)C(F)(OC(F)(F)C(F)(OC(F)(F)C(F)(OC(F)(F)C(F)(OC(F)(F)C(C)(F)C(F)(F)F)C(F)(F)F)C(F)(F)F)C(F)(F)F)C(F)(F)F)c1=O. The lowest BCUT2D eigenvalue weighted by molar-refractivity contribution is -0.590. The van der Waals surface area contributed by atoms with Gasteiger partial charge in [-0.25, -0.2) is 46.9 Å². The second-order valence-electron chi connectivity index (χ2n) is 13.5. The Morgan fingerprint density at radius 2 is 0.653 bits per heavy atom. The molecule has 0 fully saturated rings. The summed E-state index contributed by atoms with van der Waals surface area (Å²) >= 11 is 0. The molecule has 0 aromatic carbocycles.